The number of nitrogens with one attached hydrogen (secondary N) is 1. The first kappa shape index (κ1) is 11.8. The summed E-state index contributed by atoms with van der Waals surface area (Å²) in [6.45, 7) is 3.64. The summed E-state index contributed by atoms with van der Waals surface area (Å²) in [5.41, 5.74) is 0. The van der Waals surface area contributed by atoms with Crippen molar-refractivity contribution in [3.05, 3.63) is 0 Å². The molecular formula is C13H25NS. The lowest BCUT2D eigenvalue weighted by Gasteiger charge is -2.30. The van der Waals surface area contributed by atoms with E-state index in [0.29, 0.717) is 0 Å². The number of hydrogen-bond acceptors (Lipinski definition) is 2. The molecule has 88 valence electrons. The van der Waals surface area contributed by atoms with E-state index < -0.39 is 0 Å². The maximum atomic E-state index is 3.74. The van der Waals surface area contributed by atoms with Crippen molar-refractivity contribution in [1.29, 1.82) is 0 Å². The predicted octanol–water partition coefficient (Wildman–Crippen LogP) is 3.30. The quantitative estimate of drug-likeness (QED) is 0.773. The fraction of sp³-hybridized carbons (Fsp3) is 1.00. The molecule has 0 aromatic rings. The zero-order valence-electron chi connectivity index (χ0n) is 10.0. The second kappa shape index (κ2) is 6.15. The van der Waals surface area contributed by atoms with Crippen molar-refractivity contribution in [2.75, 3.05) is 18.1 Å². The third-order valence-corrected chi connectivity index (χ3v) is 5.06. The van der Waals surface area contributed by atoms with E-state index in [1.807, 2.05) is 0 Å². The molecule has 0 spiro atoms. The van der Waals surface area contributed by atoms with Gasteiger partial charge in [-0.25, -0.2) is 0 Å². The van der Waals surface area contributed by atoms with Crippen molar-refractivity contribution in [3.63, 3.8) is 0 Å². The molecule has 1 N–H and O–H groups in total. The molecule has 0 bridgehead atoms. The molecule has 1 aliphatic heterocycles. The van der Waals surface area contributed by atoms with Crippen LogP contribution >= 0.6 is 11.8 Å². The van der Waals surface area contributed by atoms with Crippen LogP contribution in [-0.2, 0) is 0 Å². The monoisotopic (exact) mass is 227 g/mol. The van der Waals surface area contributed by atoms with E-state index in [1.165, 1.54) is 56.6 Å². The SMILES string of the molecule is CC(CC1CCC1)NCC1CCSCC1. The van der Waals surface area contributed by atoms with E-state index >= 15 is 0 Å². The van der Waals surface area contributed by atoms with Crippen molar-refractivity contribution in [2.24, 2.45) is 11.8 Å². The average molecular weight is 227 g/mol. The molecule has 1 heterocycles. The molecule has 1 saturated heterocycles. The fourth-order valence-electron chi connectivity index (χ4n) is 2.63. The summed E-state index contributed by atoms with van der Waals surface area (Å²) < 4.78 is 0. The highest BCUT2D eigenvalue weighted by atomic mass is 32.2. The Hall–Kier alpha value is 0.310. The van der Waals surface area contributed by atoms with E-state index in [-0.39, 0.29) is 0 Å². The van der Waals surface area contributed by atoms with Gasteiger partial charge in [-0.2, -0.15) is 11.8 Å². The van der Waals surface area contributed by atoms with Gasteiger partial charge in [-0.05, 0) is 56.1 Å². The standard InChI is InChI=1S/C13H25NS/c1-11(9-12-3-2-4-12)14-10-13-5-7-15-8-6-13/h11-14H,2-10H2,1H3. The lowest BCUT2D eigenvalue weighted by atomic mass is 9.81. The highest BCUT2D eigenvalue weighted by Gasteiger charge is 2.20. The maximum absolute atomic E-state index is 3.74. The highest BCUT2D eigenvalue weighted by Crippen LogP contribution is 2.30. The normalized spacial score (nSPS) is 26.2. The van der Waals surface area contributed by atoms with Gasteiger partial charge in [0.1, 0.15) is 0 Å². The van der Waals surface area contributed by atoms with Gasteiger partial charge in [0, 0.05) is 6.04 Å². The molecule has 1 saturated carbocycles. The molecule has 15 heavy (non-hydrogen) atoms. The summed E-state index contributed by atoms with van der Waals surface area (Å²) in [6.07, 6.45) is 8.76. The molecule has 2 rings (SSSR count). The molecular weight excluding hydrogens is 202 g/mol. The summed E-state index contributed by atoms with van der Waals surface area (Å²) >= 11 is 2.13. The summed E-state index contributed by atoms with van der Waals surface area (Å²) in [6, 6.07) is 0.755. The van der Waals surface area contributed by atoms with Gasteiger partial charge >= 0.3 is 0 Å². The van der Waals surface area contributed by atoms with E-state index in [0.717, 1.165) is 17.9 Å². The molecule has 2 aliphatic rings. The molecule has 0 aromatic carbocycles. The second-order valence-corrected chi connectivity index (χ2v) is 6.62. The van der Waals surface area contributed by atoms with Crippen molar-refractivity contribution in [1.82, 2.24) is 5.32 Å². The molecule has 2 heteroatoms. The minimum Gasteiger partial charge on any atom is -0.314 e. The Labute approximate surface area is 98.8 Å². The number of hydrogen-bond donors (Lipinski definition) is 1. The van der Waals surface area contributed by atoms with Gasteiger partial charge < -0.3 is 5.32 Å². The largest absolute Gasteiger partial charge is 0.314 e. The van der Waals surface area contributed by atoms with E-state index in [1.54, 1.807) is 0 Å². The summed E-state index contributed by atoms with van der Waals surface area (Å²) in [5, 5.41) is 3.74. The Kier molecular flexibility index (Phi) is 4.83. The zero-order valence-corrected chi connectivity index (χ0v) is 10.8. The van der Waals surface area contributed by atoms with Crippen molar-refractivity contribution < 1.29 is 0 Å². The van der Waals surface area contributed by atoms with Gasteiger partial charge in [0.15, 0.2) is 0 Å². The van der Waals surface area contributed by atoms with Crippen molar-refractivity contribution in [3.8, 4) is 0 Å². The van der Waals surface area contributed by atoms with Crippen LogP contribution in [0.1, 0.15) is 45.4 Å². The molecule has 1 nitrogen and oxygen atoms in total. The van der Waals surface area contributed by atoms with Gasteiger partial charge in [-0.3, -0.25) is 0 Å². The van der Waals surface area contributed by atoms with Gasteiger partial charge in [0.25, 0.3) is 0 Å². The first-order valence-electron chi connectivity index (χ1n) is 6.65. The molecule has 2 fully saturated rings. The van der Waals surface area contributed by atoms with Crippen LogP contribution in [0.4, 0.5) is 0 Å². The minimum atomic E-state index is 0.755. The first-order chi connectivity index (χ1) is 7.34. The molecule has 0 amide bonds. The maximum Gasteiger partial charge on any atom is 0.00414 e. The fourth-order valence-corrected chi connectivity index (χ4v) is 3.83. The van der Waals surface area contributed by atoms with Crippen LogP contribution in [0.3, 0.4) is 0 Å². The Morgan fingerprint density at radius 2 is 1.87 bits per heavy atom. The molecule has 1 unspecified atom stereocenters. The zero-order chi connectivity index (χ0) is 10.5. The average Bonchev–Trinajstić information content (AvgIpc) is 2.22. The Morgan fingerprint density at radius 3 is 2.47 bits per heavy atom. The smallest absolute Gasteiger partial charge is 0.00414 e. The van der Waals surface area contributed by atoms with Gasteiger partial charge in [0.2, 0.25) is 0 Å². The van der Waals surface area contributed by atoms with Gasteiger partial charge in [0.05, 0.1) is 0 Å². The Bertz CT molecular complexity index is 173. The molecule has 1 atom stereocenters. The van der Waals surface area contributed by atoms with Crippen LogP contribution < -0.4 is 5.32 Å². The van der Waals surface area contributed by atoms with Crippen molar-refractivity contribution >= 4 is 11.8 Å². The topological polar surface area (TPSA) is 12.0 Å². The second-order valence-electron chi connectivity index (χ2n) is 5.40. The van der Waals surface area contributed by atoms with E-state index in [4.69, 9.17) is 0 Å². The highest BCUT2D eigenvalue weighted by molar-refractivity contribution is 7.99. The van der Waals surface area contributed by atoms with Gasteiger partial charge in [-0.1, -0.05) is 19.3 Å². The lowest BCUT2D eigenvalue weighted by Crippen LogP contribution is -2.34. The Morgan fingerprint density at radius 1 is 1.13 bits per heavy atom. The summed E-state index contributed by atoms with van der Waals surface area (Å²) in [7, 11) is 0. The third-order valence-electron chi connectivity index (χ3n) is 4.01. The van der Waals surface area contributed by atoms with E-state index in [2.05, 4.69) is 24.0 Å². The van der Waals surface area contributed by atoms with Crippen LogP contribution in [0.5, 0.6) is 0 Å². The third kappa shape index (κ3) is 3.99. The van der Waals surface area contributed by atoms with Gasteiger partial charge in [-0.15, -0.1) is 0 Å². The molecule has 0 radical (unpaired) electrons. The number of thioether (sulfide) groups is 1. The summed E-state index contributed by atoms with van der Waals surface area (Å²) in [4.78, 5) is 0. The molecule has 0 aromatic heterocycles. The van der Waals surface area contributed by atoms with Crippen LogP contribution in [-0.4, -0.2) is 24.1 Å². The van der Waals surface area contributed by atoms with E-state index in [9.17, 15) is 0 Å². The lowest BCUT2D eigenvalue weighted by molar-refractivity contribution is 0.260. The summed E-state index contributed by atoms with van der Waals surface area (Å²) in [5.74, 6) is 4.80. The van der Waals surface area contributed by atoms with Crippen LogP contribution in [0.2, 0.25) is 0 Å². The van der Waals surface area contributed by atoms with Crippen LogP contribution in [0, 0.1) is 11.8 Å². The minimum absolute atomic E-state index is 0.755. The van der Waals surface area contributed by atoms with Crippen LogP contribution in [0.25, 0.3) is 0 Å². The first-order valence-corrected chi connectivity index (χ1v) is 7.81. The van der Waals surface area contributed by atoms with Crippen molar-refractivity contribution in [2.45, 2.75) is 51.5 Å². The Balaban J connectivity index is 1.55. The number of rotatable bonds is 5. The molecule has 1 aliphatic carbocycles. The predicted molar refractivity (Wildman–Crippen MR) is 69.5 cm³/mol. The van der Waals surface area contributed by atoms with Crippen LogP contribution in [0.15, 0.2) is 0 Å².